The average molecular weight is 464 g/mol. The van der Waals surface area contributed by atoms with Crippen LogP contribution >= 0.6 is 23.2 Å². The smallest absolute Gasteiger partial charge is 0.417 e. The summed E-state index contributed by atoms with van der Waals surface area (Å²) in [5.41, 5.74) is 0.504. The van der Waals surface area contributed by atoms with E-state index in [4.69, 9.17) is 23.2 Å². The van der Waals surface area contributed by atoms with E-state index in [0.29, 0.717) is 26.7 Å². The van der Waals surface area contributed by atoms with Gasteiger partial charge in [0.2, 0.25) is 0 Å². The standard InChI is InChI=1S/C22H14Cl2F3N3O/c23-14-5-7-15(17(24)10-14)20(30-18-8-4-13(11-29-18)22(25,26)27)16-6-3-12-2-1-9-28-19(12)21(16)31/h1-11,20,31H,(H,29,30). The highest BCUT2D eigenvalue weighted by Gasteiger charge is 2.31. The second-order valence-corrected chi connectivity index (χ2v) is 7.60. The predicted molar refractivity (Wildman–Crippen MR) is 115 cm³/mol. The van der Waals surface area contributed by atoms with E-state index in [1.807, 2.05) is 0 Å². The van der Waals surface area contributed by atoms with Gasteiger partial charge in [0.05, 0.1) is 11.6 Å². The summed E-state index contributed by atoms with van der Waals surface area (Å²) in [6, 6.07) is 13.3. The zero-order valence-electron chi connectivity index (χ0n) is 15.7. The Morgan fingerprint density at radius 3 is 2.39 bits per heavy atom. The van der Waals surface area contributed by atoms with E-state index in [-0.39, 0.29) is 11.6 Å². The van der Waals surface area contributed by atoms with Gasteiger partial charge in [0.1, 0.15) is 17.1 Å². The zero-order chi connectivity index (χ0) is 22.2. The summed E-state index contributed by atoms with van der Waals surface area (Å²) in [7, 11) is 0. The fourth-order valence-electron chi connectivity index (χ4n) is 3.23. The maximum absolute atomic E-state index is 12.9. The van der Waals surface area contributed by atoms with Crippen molar-refractivity contribution in [1.29, 1.82) is 0 Å². The largest absolute Gasteiger partial charge is 0.505 e. The molecule has 4 nitrogen and oxygen atoms in total. The molecule has 2 aromatic heterocycles. The number of aromatic nitrogens is 2. The lowest BCUT2D eigenvalue weighted by molar-refractivity contribution is -0.137. The van der Waals surface area contributed by atoms with Gasteiger partial charge >= 0.3 is 6.18 Å². The van der Waals surface area contributed by atoms with Gasteiger partial charge in [0.15, 0.2) is 0 Å². The number of fused-ring (bicyclic) bond motifs is 1. The van der Waals surface area contributed by atoms with Crippen LogP contribution in [0.25, 0.3) is 10.9 Å². The number of nitrogens with one attached hydrogen (secondary N) is 1. The molecule has 0 aliphatic heterocycles. The van der Waals surface area contributed by atoms with Gasteiger partial charge in [0, 0.05) is 33.4 Å². The lowest BCUT2D eigenvalue weighted by Gasteiger charge is -2.23. The van der Waals surface area contributed by atoms with Crippen molar-refractivity contribution >= 4 is 39.9 Å². The molecule has 0 aliphatic carbocycles. The number of hydrogen-bond acceptors (Lipinski definition) is 4. The highest BCUT2D eigenvalue weighted by Crippen LogP contribution is 2.39. The van der Waals surface area contributed by atoms with Crippen LogP contribution in [0.4, 0.5) is 19.0 Å². The molecule has 9 heteroatoms. The van der Waals surface area contributed by atoms with Crippen LogP contribution in [0.2, 0.25) is 10.0 Å². The van der Waals surface area contributed by atoms with Gasteiger partial charge in [-0.05, 0) is 35.9 Å². The maximum atomic E-state index is 12.9. The molecule has 0 fully saturated rings. The van der Waals surface area contributed by atoms with Gasteiger partial charge in [-0.1, -0.05) is 47.5 Å². The summed E-state index contributed by atoms with van der Waals surface area (Å²) in [4.78, 5) is 8.10. The maximum Gasteiger partial charge on any atom is 0.417 e. The molecule has 1 unspecified atom stereocenters. The molecule has 2 N–H and O–H groups in total. The van der Waals surface area contributed by atoms with Gasteiger partial charge in [0.25, 0.3) is 0 Å². The summed E-state index contributed by atoms with van der Waals surface area (Å²) in [6.45, 7) is 0. The Kier molecular flexibility index (Phi) is 5.64. The van der Waals surface area contributed by atoms with Crippen LogP contribution in [-0.4, -0.2) is 15.1 Å². The monoisotopic (exact) mass is 463 g/mol. The minimum Gasteiger partial charge on any atom is -0.505 e. The molecule has 0 radical (unpaired) electrons. The number of aromatic hydroxyl groups is 1. The first kappa shape index (κ1) is 21.2. The first-order chi connectivity index (χ1) is 14.7. The van der Waals surface area contributed by atoms with Crippen LogP contribution in [0.1, 0.15) is 22.7 Å². The van der Waals surface area contributed by atoms with Crippen LogP contribution in [0.15, 0.2) is 67.0 Å². The Bertz CT molecular complexity index is 1250. The van der Waals surface area contributed by atoms with Gasteiger partial charge in [-0.2, -0.15) is 13.2 Å². The molecular formula is C22H14Cl2F3N3O. The third kappa shape index (κ3) is 4.38. The number of rotatable bonds is 4. The molecule has 0 bridgehead atoms. The topological polar surface area (TPSA) is 58.0 Å². The van der Waals surface area contributed by atoms with E-state index >= 15 is 0 Å². The summed E-state index contributed by atoms with van der Waals surface area (Å²) in [5, 5.41) is 15.4. The summed E-state index contributed by atoms with van der Waals surface area (Å²) in [6.07, 6.45) is -2.20. The van der Waals surface area contributed by atoms with E-state index in [0.717, 1.165) is 17.6 Å². The fourth-order valence-corrected chi connectivity index (χ4v) is 3.75. The van der Waals surface area contributed by atoms with Crippen LogP contribution in [-0.2, 0) is 6.18 Å². The van der Waals surface area contributed by atoms with Crippen molar-refractivity contribution in [2.45, 2.75) is 12.2 Å². The van der Waals surface area contributed by atoms with Crippen LogP contribution < -0.4 is 5.32 Å². The van der Waals surface area contributed by atoms with E-state index in [2.05, 4.69) is 15.3 Å². The number of pyridine rings is 2. The Labute approximate surface area is 185 Å². The number of phenolic OH excluding ortho intramolecular Hbond substituents is 1. The quantitative estimate of drug-likeness (QED) is 0.346. The van der Waals surface area contributed by atoms with Crippen molar-refractivity contribution in [3.63, 3.8) is 0 Å². The fraction of sp³-hybridized carbons (Fsp3) is 0.0909. The van der Waals surface area contributed by atoms with Gasteiger partial charge in [-0.3, -0.25) is 4.98 Å². The highest BCUT2D eigenvalue weighted by molar-refractivity contribution is 6.35. The van der Waals surface area contributed by atoms with Gasteiger partial charge in [-0.25, -0.2) is 4.98 Å². The molecule has 2 heterocycles. The third-order valence-corrected chi connectivity index (χ3v) is 5.31. The number of nitrogens with zero attached hydrogens (tertiary/aromatic N) is 2. The van der Waals surface area contributed by atoms with Crippen molar-refractivity contribution in [3.8, 4) is 5.75 Å². The van der Waals surface area contributed by atoms with Gasteiger partial charge < -0.3 is 10.4 Å². The van der Waals surface area contributed by atoms with E-state index in [1.54, 1.807) is 48.7 Å². The normalized spacial score (nSPS) is 12.7. The molecule has 158 valence electrons. The van der Waals surface area contributed by atoms with Crippen molar-refractivity contribution < 1.29 is 18.3 Å². The van der Waals surface area contributed by atoms with E-state index in [9.17, 15) is 18.3 Å². The first-order valence-corrected chi connectivity index (χ1v) is 9.81. The SMILES string of the molecule is Oc1c(C(Nc2ccc(C(F)(F)F)cn2)c2ccc(Cl)cc2Cl)ccc2cccnc12. The minimum absolute atomic E-state index is 0.0754. The lowest BCUT2D eigenvalue weighted by Crippen LogP contribution is -2.15. The van der Waals surface area contributed by atoms with Crippen molar-refractivity contribution in [2.75, 3.05) is 5.32 Å². The summed E-state index contributed by atoms with van der Waals surface area (Å²) < 4.78 is 38.6. The Balaban J connectivity index is 1.82. The van der Waals surface area contributed by atoms with Crippen molar-refractivity contribution in [1.82, 2.24) is 9.97 Å². The Morgan fingerprint density at radius 2 is 1.71 bits per heavy atom. The molecule has 4 rings (SSSR count). The molecule has 0 saturated heterocycles. The molecule has 0 aliphatic rings. The third-order valence-electron chi connectivity index (χ3n) is 4.75. The lowest BCUT2D eigenvalue weighted by atomic mass is 9.96. The van der Waals surface area contributed by atoms with Crippen molar-refractivity contribution in [2.24, 2.45) is 0 Å². The average Bonchev–Trinajstić information content (AvgIpc) is 2.73. The zero-order valence-corrected chi connectivity index (χ0v) is 17.2. The number of phenols is 1. The second kappa shape index (κ2) is 8.24. The second-order valence-electron chi connectivity index (χ2n) is 6.75. The molecule has 31 heavy (non-hydrogen) atoms. The van der Waals surface area contributed by atoms with Crippen LogP contribution in [0.5, 0.6) is 5.75 Å². The number of alkyl halides is 3. The van der Waals surface area contributed by atoms with E-state index < -0.39 is 17.8 Å². The molecule has 0 amide bonds. The van der Waals surface area contributed by atoms with Crippen molar-refractivity contribution in [3.05, 3.63) is 93.7 Å². The molecule has 2 aromatic carbocycles. The van der Waals surface area contributed by atoms with Gasteiger partial charge in [-0.15, -0.1) is 0 Å². The highest BCUT2D eigenvalue weighted by atomic mass is 35.5. The summed E-state index contributed by atoms with van der Waals surface area (Å²) >= 11 is 12.4. The number of halogens is 5. The Morgan fingerprint density at radius 1 is 0.935 bits per heavy atom. The number of anilines is 1. The van der Waals surface area contributed by atoms with E-state index in [1.165, 1.54) is 6.07 Å². The summed E-state index contributed by atoms with van der Waals surface area (Å²) in [5.74, 6) is 0.0954. The molecule has 0 saturated carbocycles. The predicted octanol–water partition coefficient (Wildman–Crippen LogP) is 6.86. The number of hydrogen-bond donors (Lipinski definition) is 2. The van der Waals surface area contributed by atoms with Crippen LogP contribution in [0.3, 0.4) is 0 Å². The molecule has 0 spiro atoms. The Hall–Kier alpha value is -3.03. The minimum atomic E-state index is -4.49. The molecule has 4 aromatic rings. The molecular weight excluding hydrogens is 450 g/mol. The molecule has 1 atom stereocenters. The number of benzene rings is 2. The first-order valence-electron chi connectivity index (χ1n) is 9.05. The van der Waals surface area contributed by atoms with Crippen LogP contribution in [0, 0.1) is 0 Å².